The summed E-state index contributed by atoms with van der Waals surface area (Å²) in [6.45, 7) is 2.94. The van der Waals surface area contributed by atoms with Gasteiger partial charge in [-0.2, -0.15) is 0 Å². The highest BCUT2D eigenvalue weighted by atomic mass is 16.5. The molecule has 3 nitrogen and oxygen atoms in total. The Hall–Kier alpha value is -1.09. The van der Waals surface area contributed by atoms with Crippen LogP contribution in [0.25, 0.3) is 0 Å². The van der Waals surface area contributed by atoms with Gasteiger partial charge in [-0.1, -0.05) is 76.5 Å². The number of ether oxygens (including phenoxy) is 1. The number of aliphatic hydroxyl groups excluding tert-OH is 1. The second-order valence-corrected chi connectivity index (χ2v) is 6.29. The van der Waals surface area contributed by atoms with Crippen molar-refractivity contribution >= 4 is 5.97 Å². The molecule has 0 aromatic rings. The first-order valence-electron chi connectivity index (χ1n) is 9.90. The molecular formula is C21H38O3. The van der Waals surface area contributed by atoms with E-state index in [2.05, 4.69) is 13.0 Å². The van der Waals surface area contributed by atoms with E-state index >= 15 is 0 Å². The predicted octanol–water partition coefficient (Wildman–Crippen LogP) is 5.73. The predicted molar refractivity (Wildman–Crippen MR) is 102 cm³/mol. The molecule has 1 aliphatic heterocycles. The Bertz CT molecular complexity index is 321. The molecule has 0 unspecified atom stereocenters. The lowest BCUT2D eigenvalue weighted by atomic mass is 10.1. The first kappa shape index (κ1) is 22.9. The van der Waals surface area contributed by atoms with Crippen molar-refractivity contribution in [2.75, 3.05) is 13.2 Å². The fraction of sp³-hybridized carbons (Fsp3) is 0.762. The number of aliphatic hydroxyl groups is 1. The first-order valence-corrected chi connectivity index (χ1v) is 9.90. The van der Waals surface area contributed by atoms with Crippen LogP contribution >= 0.6 is 0 Å². The van der Waals surface area contributed by atoms with Crippen molar-refractivity contribution in [1.29, 1.82) is 0 Å². The molecule has 0 aliphatic carbocycles. The number of carbonyl (C=O) groups is 1. The van der Waals surface area contributed by atoms with Gasteiger partial charge in [0, 0.05) is 12.7 Å². The molecule has 1 aliphatic rings. The highest BCUT2D eigenvalue weighted by Crippen LogP contribution is 2.12. The van der Waals surface area contributed by atoms with E-state index < -0.39 is 0 Å². The van der Waals surface area contributed by atoms with Gasteiger partial charge in [-0.05, 0) is 32.1 Å². The third kappa shape index (κ3) is 19.0. The maximum atomic E-state index is 11.3. The lowest BCUT2D eigenvalue weighted by Gasteiger charge is -2.04. The molecule has 0 radical (unpaired) electrons. The zero-order valence-corrected chi connectivity index (χ0v) is 15.7. The van der Waals surface area contributed by atoms with E-state index in [9.17, 15) is 4.79 Å². The maximum Gasteiger partial charge on any atom is 0.330 e. The van der Waals surface area contributed by atoms with Crippen LogP contribution < -0.4 is 0 Å². The van der Waals surface area contributed by atoms with Gasteiger partial charge in [0.2, 0.25) is 0 Å². The largest absolute Gasteiger partial charge is 0.463 e. The SMILES string of the molecule is CCC=CCCO.O=C1C=CCCCCCCCCCCCCO1. The second kappa shape index (κ2) is 20.0. The van der Waals surface area contributed by atoms with Gasteiger partial charge in [0.25, 0.3) is 0 Å². The quantitative estimate of drug-likeness (QED) is 0.528. The van der Waals surface area contributed by atoms with Crippen LogP contribution in [0.3, 0.4) is 0 Å². The molecule has 1 heterocycles. The summed E-state index contributed by atoms with van der Waals surface area (Å²) in [6.07, 6.45) is 23.3. The van der Waals surface area contributed by atoms with E-state index in [4.69, 9.17) is 9.84 Å². The molecule has 0 atom stereocenters. The minimum absolute atomic E-state index is 0.169. The van der Waals surface area contributed by atoms with Crippen LogP contribution in [0.5, 0.6) is 0 Å². The normalized spacial score (nSPS) is 18.7. The molecule has 0 fully saturated rings. The second-order valence-electron chi connectivity index (χ2n) is 6.29. The molecular weight excluding hydrogens is 300 g/mol. The van der Waals surface area contributed by atoms with Crippen molar-refractivity contribution < 1.29 is 14.6 Å². The Morgan fingerprint density at radius 2 is 1.54 bits per heavy atom. The molecule has 0 saturated carbocycles. The number of rotatable bonds is 3. The molecule has 0 saturated heterocycles. The molecule has 0 amide bonds. The summed E-state index contributed by atoms with van der Waals surface area (Å²) >= 11 is 0. The average Bonchev–Trinajstić information content (AvgIpc) is 2.58. The number of cyclic esters (lactones) is 1. The summed E-state index contributed by atoms with van der Waals surface area (Å²) in [5, 5.41) is 8.24. The van der Waals surface area contributed by atoms with Gasteiger partial charge in [-0.15, -0.1) is 0 Å². The molecule has 3 heteroatoms. The molecule has 0 aromatic carbocycles. The van der Waals surface area contributed by atoms with E-state index in [0.29, 0.717) is 6.61 Å². The van der Waals surface area contributed by atoms with Crippen molar-refractivity contribution in [2.45, 2.75) is 90.4 Å². The third-order valence-electron chi connectivity index (χ3n) is 3.96. The van der Waals surface area contributed by atoms with E-state index in [1.807, 2.05) is 12.2 Å². The molecule has 0 aromatic heterocycles. The van der Waals surface area contributed by atoms with Crippen LogP contribution in [-0.2, 0) is 9.53 Å². The Morgan fingerprint density at radius 1 is 0.958 bits per heavy atom. The van der Waals surface area contributed by atoms with Gasteiger partial charge in [-0.3, -0.25) is 0 Å². The van der Waals surface area contributed by atoms with Gasteiger partial charge in [-0.25, -0.2) is 4.79 Å². The standard InChI is InChI=1S/C15H26O2.C6H12O/c16-15-13-11-9-7-5-3-1-2-4-6-8-10-12-14-17-15;1-2-3-4-5-6-7/h11,13H,1-10,12,14H2;3-4,7H,2,5-6H2,1H3. The van der Waals surface area contributed by atoms with Crippen molar-refractivity contribution in [3.63, 3.8) is 0 Å². The number of hydrogen-bond donors (Lipinski definition) is 1. The third-order valence-corrected chi connectivity index (χ3v) is 3.96. The minimum atomic E-state index is -0.169. The molecule has 140 valence electrons. The van der Waals surface area contributed by atoms with Gasteiger partial charge < -0.3 is 9.84 Å². The Balaban J connectivity index is 0.000000640. The van der Waals surface area contributed by atoms with E-state index in [1.54, 1.807) is 6.08 Å². The van der Waals surface area contributed by atoms with Gasteiger partial charge in [0.05, 0.1) is 6.61 Å². The lowest BCUT2D eigenvalue weighted by Crippen LogP contribution is -2.02. The maximum absolute atomic E-state index is 11.3. The summed E-state index contributed by atoms with van der Waals surface area (Å²) < 4.78 is 5.12. The number of carbonyl (C=O) groups excluding carboxylic acids is 1. The van der Waals surface area contributed by atoms with Crippen LogP contribution in [0.1, 0.15) is 90.4 Å². The smallest absolute Gasteiger partial charge is 0.330 e. The van der Waals surface area contributed by atoms with Gasteiger partial charge >= 0.3 is 5.97 Å². The molecule has 0 spiro atoms. The average molecular weight is 339 g/mol. The van der Waals surface area contributed by atoms with Crippen molar-refractivity contribution in [1.82, 2.24) is 0 Å². The Morgan fingerprint density at radius 3 is 2.12 bits per heavy atom. The fourth-order valence-corrected chi connectivity index (χ4v) is 2.54. The zero-order valence-electron chi connectivity index (χ0n) is 15.7. The highest BCUT2D eigenvalue weighted by Gasteiger charge is 1.98. The first-order chi connectivity index (χ1) is 11.8. The van der Waals surface area contributed by atoms with Crippen LogP contribution in [-0.4, -0.2) is 24.3 Å². The van der Waals surface area contributed by atoms with Crippen LogP contribution in [0.2, 0.25) is 0 Å². The monoisotopic (exact) mass is 338 g/mol. The van der Waals surface area contributed by atoms with Crippen molar-refractivity contribution in [2.24, 2.45) is 0 Å². The van der Waals surface area contributed by atoms with Crippen LogP contribution in [0, 0.1) is 0 Å². The molecule has 24 heavy (non-hydrogen) atoms. The van der Waals surface area contributed by atoms with E-state index in [0.717, 1.165) is 25.7 Å². The van der Waals surface area contributed by atoms with Crippen molar-refractivity contribution in [3.05, 3.63) is 24.3 Å². The summed E-state index contributed by atoms with van der Waals surface area (Å²) in [7, 11) is 0. The lowest BCUT2D eigenvalue weighted by molar-refractivity contribution is -0.137. The topological polar surface area (TPSA) is 46.5 Å². The number of esters is 1. The molecule has 0 bridgehead atoms. The molecule has 1 rings (SSSR count). The summed E-state index contributed by atoms with van der Waals surface area (Å²) in [6, 6.07) is 0. The summed E-state index contributed by atoms with van der Waals surface area (Å²) in [5.74, 6) is -0.169. The van der Waals surface area contributed by atoms with Crippen LogP contribution in [0.15, 0.2) is 24.3 Å². The Kier molecular flexibility index (Phi) is 19.0. The minimum Gasteiger partial charge on any atom is -0.463 e. The van der Waals surface area contributed by atoms with Gasteiger partial charge in [0.1, 0.15) is 0 Å². The summed E-state index contributed by atoms with van der Waals surface area (Å²) in [5.41, 5.74) is 0. The zero-order chi connectivity index (χ0) is 17.7. The van der Waals surface area contributed by atoms with Crippen LogP contribution in [0.4, 0.5) is 0 Å². The summed E-state index contributed by atoms with van der Waals surface area (Å²) in [4.78, 5) is 11.3. The number of allylic oxidation sites excluding steroid dienone is 2. The number of hydrogen-bond acceptors (Lipinski definition) is 3. The Labute approximate surface area is 149 Å². The molecule has 1 N–H and O–H groups in total. The highest BCUT2D eigenvalue weighted by molar-refractivity contribution is 5.81. The van der Waals surface area contributed by atoms with Crippen molar-refractivity contribution in [3.8, 4) is 0 Å². The van der Waals surface area contributed by atoms with Gasteiger partial charge in [0.15, 0.2) is 0 Å². The fourth-order valence-electron chi connectivity index (χ4n) is 2.54. The van der Waals surface area contributed by atoms with E-state index in [1.165, 1.54) is 57.8 Å². The van der Waals surface area contributed by atoms with E-state index in [-0.39, 0.29) is 12.6 Å².